The first kappa shape index (κ1) is 27.2. The zero-order valence-corrected chi connectivity index (χ0v) is 22.8. The van der Waals surface area contributed by atoms with Crippen LogP contribution in [0.15, 0.2) is 59.6 Å². The summed E-state index contributed by atoms with van der Waals surface area (Å²) in [6.07, 6.45) is 3.26. The van der Waals surface area contributed by atoms with E-state index in [4.69, 9.17) is 4.65 Å². The maximum Gasteiger partial charge on any atom is 0.487 e. The van der Waals surface area contributed by atoms with E-state index in [0.717, 1.165) is 56.4 Å². The first-order chi connectivity index (χ1) is 19.4. The molecule has 210 valence electrons. The molecule has 4 atom stereocenters. The number of carbonyl (C=O) groups is 2. The molecule has 4 aliphatic rings. The van der Waals surface area contributed by atoms with Crippen molar-refractivity contribution in [3.63, 3.8) is 0 Å². The fourth-order valence-corrected chi connectivity index (χ4v) is 7.45. The van der Waals surface area contributed by atoms with E-state index >= 15 is 0 Å². The van der Waals surface area contributed by atoms with Gasteiger partial charge in [-0.05, 0) is 66.8 Å². The maximum atomic E-state index is 14.2. The van der Waals surface area contributed by atoms with Gasteiger partial charge in [0.05, 0.1) is 17.9 Å². The van der Waals surface area contributed by atoms with Crippen molar-refractivity contribution >= 4 is 18.9 Å². The number of phenols is 1. The molecule has 2 N–H and O–H groups in total. The molecule has 0 spiro atoms. The zero-order valence-electron chi connectivity index (χ0n) is 22.8. The minimum atomic E-state index is -1.22. The number of fused-ring (bicyclic) bond motifs is 3. The fraction of sp³-hybridized carbons (Fsp3) is 0.484. The number of amides is 2. The highest BCUT2D eigenvalue weighted by molar-refractivity contribution is 6.53. The Labute approximate surface area is 234 Å². The van der Waals surface area contributed by atoms with E-state index in [2.05, 4.69) is 24.0 Å². The number of nitrogens with zero attached hydrogens (tertiary/aromatic N) is 2. The molecular formula is C31H36BFN2O5. The predicted molar refractivity (Wildman–Crippen MR) is 148 cm³/mol. The van der Waals surface area contributed by atoms with Crippen molar-refractivity contribution < 1.29 is 28.8 Å². The van der Waals surface area contributed by atoms with Crippen molar-refractivity contribution in [2.75, 3.05) is 13.1 Å². The third kappa shape index (κ3) is 4.88. The van der Waals surface area contributed by atoms with Gasteiger partial charge < -0.3 is 14.8 Å². The number of aromatic hydroxyl groups is 1. The van der Waals surface area contributed by atoms with E-state index in [1.165, 1.54) is 17.7 Å². The Morgan fingerprint density at radius 3 is 2.50 bits per heavy atom. The fourth-order valence-electron chi connectivity index (χ4n) is 7.45. The summed E-state index contributed by atoms with van der Waals surface area (Å²) in [6.45, 7) is 4.56. The van der Waals surface area contributed by atoms with Gasteiger partial charge in [-0.3, -0.25) is 19.4 Å². The van der Waals surface area contributed by atoms with Gasteiger partial charge >= 0.3 is 7.12 Å². The molecule has 0 radical (unpaired) electrons. The molecule has 2 amide bonds. The molecule has 6 rings (SSSR count). The summed E-state index contributed by atoms with van der Waals surface area (Å²) in [4.78, 5) is 31.8. The lowest BCUT2D eigenvalue weighted by molar-refractivity contribution is -0.144. The summed E-state index contributed by atoms with van der Waals surface area (Å²) in [5.74, 6) is -2.78. The number of rotatable bonds is 6. The van der Waals surface area contributed by atoms with Crippen LogP contribution in [0.5, 0.6) is 5.75 Å². The highest BCUT2D eigenvalue weighted by atomic mass is 19.1. The van der Waals surface area contributed by atoms with E-state index in [1.54, 1.807) is 11.0 Å². The van der Waals surface area contributed by atoms with Crippen molar-refractivity contribution in [2.24, 2.45) is 17.8 Å². The molecule has 0 saturated carbocycles. The molecule has 3 saturated heterocycles. The lowest BCUT2D eigenvalue weighted by Crippen LogP contribution is -2.48. The van der Waals surface area contributed by atoms with Gasteiger partial charge in [0.1, 0.15) is 0 Å². The van der Waals surface area contributed by atoms with E-state index in [9.17, 15) is 24.1 Å². The third-order valence-electron chi connectivity index (χ3n) is 9.31. The predicted octanol–water partition coefficient (Wildman–Crippen LogP) is 4.39. The van der Waals surface area contributed by atoms with Gasteiger partial charge in [-0.15, -0.1) is 0 Å². The summed E-state index contributed by atoms with van der Waals surface area (Å²) in [7, 11) is -1.22. The largest absolute Gasteiger partial charge is 0.505 e. The number of benzene rings is 2. The lowest BCUT2D eigenvalue weighted by atomic mass is 9.54. The number of carbonyl (C=O) groups excluding carboxylic acids is 2. The Morgan fingerprint density at radius 1 is 1.05 bits per heavy atom. The molecule has 3 fully saturated rings. The Morgan fingerprint density at radius 2 is 1.80 bits per heavy atom. The molecule has 2 aromatic carbocycles. The van der Waals surface area contributed by atoms with Gasteiger partial charge in [0.2, 0.25) is 11.8 Å². The summed E-state index contributed by atoms with van der Waals surface area (Å²) >= 11 is 0. The Balaban J connectivity index is 1.23. The van der Waals surface area contributed by atoms with E-state index in [0.29, 0.717) is 18.4 Å². The molecule has 2 aromatic rings. The topological polar surface area (TPSA) is 90.3 Å². The van der Waals surface area contributed by atoms with Gasteiger partial charge in [-0.2, -0.15) is 0 Å². The Hall–Kier alpha value is -3.01. The van der Waals surface area contributed by atoms with Crippen LogP contribution in [-0.2, 0) is 20.8 Å². The van der Waals surface area contributed by atoms with Crippen molar-refractivity contribution in [1.29, 1.82) is 0 Å². The summed E-state index contributed by atoms with van der Waals surface area (Å²) in [6, 6.07) is 14.3. The molecule has 0 aromatic heterocycles. The minimum absolute atomic E-state index is 0.0858. The molecule has 1 aliphatic carbocycles. The number of imide groups is 1. The normalized spacial score (nSPS) is 27.8. The Bertz CT molecular complexity index is 1310. The number of piperidine rings is 1. The number of likely N-dealkylation sites (tertiary alicyclic amines) is 2. The van der Waals surface area contributed by atoms with Crippen molar-refractivity contribution in [1.82, 2.24) is 9.80 Å². The monoisotopic (exact) mass is 546 g/mol. The summed E-state index contributed by atoms with van der Waals surface area (Å²) < 4.78 is 20.1. The van der Waals surface area contributed by atoms with Gasteiger partial charge in [0.15, 0.2) is 11.6 Å². The highest BCUT2D eigenvalue weighted by Gasteiger charge is 2.58. The summed E-state index contributed by atoms with van der Waals surface area (Å²) in [5.41, 5.74) is 3.49. The maximum absolute atomic E-state index is 14.2. The molecule has 0 unspecified atom stereocenters. The molecule has 9 heteroatoms. The molecule has 3 heterocycles. The molecule has 3 aliphatic heterocycles. The van der Waals surface area contributed by atoms with Crippen LogP contribution in [0.25, 0.3) is 0 Å². The van der Waals surface area contributed by atoms with Crippen molar-refractivity contribution in [2.45, 2.75) is 64.1 Å². The zero-order chi connectivity index (χ0) is 28.0. The van der Waals surface area contributed by atoms with Crippen LogP contribution in [0.1, 0.15) is 62.7 Å². The first-order valence-corrected chi connectivity index (χ1v) is 14.5. The van der Waals surface area contributed by atoms with Crippen LogP contribution in [0.2, 0.25) is 0 Å². The number of hydrogen-bond acceptors (Lipinski definition) is 6. The molecule has 0 bridgehead atoms. The second-order valence-corrected chi connectivity index (χ2v) is 11.7. The van der Waals surface area contributed by atoms with Gasteiger partial charge in [0, 0.05) is 25.7 Å². The Kier molecular flexibility index (Phi) is 7.55. The second kappa shape index (κ2) is 11.1. The van der Waals surface area contributed by atoms with E-state index in [-0.39, 0.29) is 23.8 Å². The highest BCUT2D eigenvalue weighted by Crippen LogP contribution is 2.52. The van der Waals surface area contributed by atoms with E-state index < -0.39 is 36.6 Å². The lowest BCUT2D eigenvalue weighted by Gasteiger charge is -2.42. The van der Waals surface area contributed by atoms with Crippen LogP contribution in [0.4, 0.5) is 4.39 Å². The average molecular weight is 546 g/mol. The van der Waals surface area contributed by atoms with Crippen LogP contribution in [-0.4, -0.2) is 58.0 Å². The third-order valence-corrected chi connectivity index (χ3v) is 9.31. The van der Waals surface area contributed by atoms with Gasteiger partial charge in [0.25, 0.3) is 0 Å². The number of phenolic OH excluding ortho intramolecular Hbond substituents is 1. The quantitative estimate of drug-likeness (QED) is 0.413. The molecular weight excluding hydrogens is 510 g/mol. The number of hydrogen-bond donors (Lipinski definition) is 2. The summed E-state index contributed by atoms with van der Waals surface area (Å²) in [5, 5.41) is 20.8. The first-order valence-electron chi connectivity index (χ1n) is 14.5. The van der Waals surface area contributed by atoms with E-state index in [1.807, 2.05) is 18.2 Å². The molecule has 7 nitrogen and oxygen atoms in total. The van der Waals surface area contributed by atoms with Gasteiger partial charge in [-0.25, -0.2) is 4.39 Å². The van der Waals surface area contributed by atoms with Crippen LogP contribution in [0.3, 0.4) is 0 Å². The van der Waals surface area contributed by atoms with Crippen LogP contribution < -0.4 is 0 Å². The number of halogens is 1. The number of allylic oxidation sites excluding steroid dienone is 2. The second-order valence-electron chi connectivity index (χ2n) is 11.7. The van der Waals surface area contributed by atoms with Crippen LogP contribution in [0, 0.1) is 23.6 Å². The SMILES string of the molecule is CCCC1=C2B(O)O[C@H](c3ccc(O)c(F)c3)C[C@H]2[C@H]2C(=O)N(C3CCN(Cc4ccccc4)CC3)C(=O)[C@H]2C1. The average Bonchev–Trinajstić information content (AvgIpc) is 3.20. The van der Waals surface area contributed by atoms with Gasteiger partial charge in [-0.1, -0.05) is 55.3 Å². The smallest absolute Gasteiger partial charge is 0.487 e. The van der Waals surface area contributed by atoms with Crippen molar-refractivity contribution in [3.05, 3.63) is 76.5 Å². The molecule has 40 heavy (non-hydrogen) atoms. The van der Waals surface area contributed by atoms with Crippen LogP contribution >= 0.6 is 0 Å². The minimum Gasteiger partial charge on any atom is -0.505 e. The standard InChI is InChI=1S/C31H36BFN2O5/c1-2-6-21-15-24-28(23-17-27(40-32(39)29(21)23)20-9-10-26(36)25(33)16-20)31(38)35(30(24)37)22-11-13-34(14-12-22)18-19-7-4-3-5-8-19/h3-5,7-10,16,22-24,27-28,36,39H,2,6,11-15,17-18H2,1H3/t23-,24-,27-,28+/m0/s1. The van der Waals surface area contributed by atoms with Crippen molar-refractivity contribution in [3.8, 4) is 5.75 Å².